The van der Waals surface area contributed by atoms with E-state index in [-0.39, 0.29) is 5.78 Å². The smallest absolute Gasteiger partial charge is 0.297 e. The van der Waals surface area contributed by atoms with Gasteiger partial charge in [-0.1, -0.05) is 24.3 Å². The van der Waals surface area contributed by atoms with Crippen LogP contribution in [0.4, 0.5) is 0 Å². The third-order valence-electron chi connectivity index (χ3n) is 4.55. The summed E-state index contributed by atoms with van der Waals surface area (Å²) in [6.45, 7) is 4.27. The molecule has 5 nitrogen and oxygen atoms in total. The Morgan fingerprint density at radius 3 is 2.48 bits per heavy atom. The highest BCUT2D eigenvalue weighted by Gasteiger charge is 2.47. The standard InChI is InChI=1S/C19H23NO4S/c1-14-6-4-7-15(17(14)16-8-5-13-25-16)18(21)19(22-2,23-3)20-9-11-24-12-10-20/h4-8,13H,9-12H2,1-3H3. The Bertz CT molecular complexity index is 719. The number of rotatable bonds is 6. The van der Waals surface area contributed by atoms with E-state index >= 15 is 0 Å². The fourth-order valence-corrected chi connectivity index (χ4v) is 4.15. The van der Waals surface area contributed by atoms with Crippen LogP contribution < -0.4 is 0 Å². The summed E-state index contributed by atoms with van der Waals surface area (Å²) in [5.41, 5.74) is 2.60. The Morgan fingerprint density at radius 1 is 1.16 bits per heavy atom. The van der Waals surface area contributed by atoms with Crippen LogP contribution in [0.5, 0.6) is 0 Å². The number of Topliss-reactive ketones (excluding diaryl/α,β-unsaturated/α-hetero) is 1. The van der Waals surface area contributed by atoms with Crippen molar-refractivity contribution in [3.8, 4) is 10.4 Å². The van der Waals surface area contributed by atoms with Gasteiger partial charge in [0.15, 0.2) is 0 Å². The van der Waals surface area contributed by atoms with E-state index in [1.807, 2.05) is 47.5 Å². The molecule has 0 unspecified atom stereocenters. The number of morpholine rings is 1. The molecule has 0 N–H and O–H groups in total. The van der Waals surface area contributed by atoms with Crippen LogP contribution in [0.1, 0.15) is 15.9 Å². The monoisotopic (exact) mass is 361 g/mol. The number of carbonyl (C=O) groups excluding carboxylic acids is 1. The van der Waals surface area contributed by atoms with Gasteiger partial charge in [0.25, 0.3) is 5.91 Å². The van der Waals surface area contributed by atoms with Crippen LogP contribution >= 0.6 is 11.3 Å². The van der Waals surface area contributed by atoms with Crippen LogP contribution in [0.2, 0.25) is 0 Å². The van der Waals surface area contributed by atoms with E-state index in [4.69, 9.17) is 14.2 Å². The first kappa shape index (κ1) is 18.2. The molecule has 0 bridgehead atoms. The molecule has 2 heterocycles. The average Bonchev–Trinajstić information content (AvgIpc) is 3.18. The van der Waals surface area contributed by atoms with Gasteiger partial charge in [0.05, 0.1) is 13.2 Å². The SMILES string of the molecule is COC(OC)(C(=O)c1cccc(C)c1-c1cccs1)N1CCOCC1. The van der Waals surface area contributed by atoms with Gasteiger partial charge >= 0.3 is 0 Å². The lowest BCUT2D eigenvalue weighted by atomic mass is 9.95. The van der Waals surface area contributed by atoms with Crippen molar-refractivity contribution in [2.24, 2.45) is 0 Å². The summed E-state index contributed by atoms with van der Waals surface area (Å²) in [4.78, 5) is 16.5. The molecular weight excluding hydrogens is 338 g/mol. The summed E-state index contributed by atoms with van der Waals surface area (Å²) in [5.74, 6) is -1.63. The summed E-state index contributed by atoms with van der Waals surface area (Å²) < 4.78 is 16.7. The number of carbonyl (C=O) groups is 1. The third kappa shape index (κ3) is 3.28. The molecule has 1 fully saturated rings. The van der Waals surface area contributed by atoms with Gasteiger partial charge in [0.2, 0.25) is 5.78 Å². The van der Waals surface area contributed by atoms with Crippen molar-refractivity contribution in [1.29, 1.82) is 0 Å². The number of benzene rings is 1. The number of hydrogen-bond donors (Lipinski definition) is 0. The van der Waals surface area contributed by atoms with Crippen LogP contribution in [-0.4, -0.2) is 57.1 Å². The number of thiophene rings is 1. The second-order valence-corrected chi connectivity index (χ2v) is 6.84. The molecule has 134 valence electrons. The average molecular weight is 361 g/mol. The lowest BCUT2D eigenvalue weighted by molar-refractivity contribution is -0.267. The van der Waals surface area contributed by atoms with Gasteiger partial charge in [-0.05, 0) is 23.9 Å². The zero-order chi connectivity index (χ0) is 17.9. The summed E-state index contributed by atoms with van der Waals surface area (Å²) in [5, 5.41) is 2.01. The maximum atomic E-state index is 13.6. The minimum absolute atomic E-state index is 0.188. The highest BCUT2D eigenvalue weighted by molar-refractivity contribution is 7.13. The van der Waals surface area contributed by atoms with Crippen molar-refractivity contribution in [1.82, 2.24) is 4.90 Å². The first-order chi connectivity index (χ1) is 12.1. The van der Waals surface area contributed by atoms with Crippen LogP contribution in [-0.2, 0) is 14.2 Å². The van der Waals surface area contributed by atoms with Gasteiger partial charge in [0, 0.05) is 43.3 Å². The molecular formula is C19H23NO4S. The van der Waals surface area contributed by atoms with E-state index < -0.39 is 5.91 Å². The molecule has 1 aromatic heterocycles. The third-order valence-corrected chi connectivity index (χ3v) is 5.44. The second kappa shape index (κ2) is 7.76. The molecule has 2 aromatic rings. The Hall–Kier alpha value is -1.57. The van der Waals surface area contributed by atoms with E-state index in [9.17, 15) is 4.79 Å². The predicted molar refractivity (Wildman–Crippen MR) is 98.0 cm³/mol. The van der Waals surface area contributed by atoms with Gasteiger partial charge in [-0.2, -0.15) is 0 Å². The van der Waals surface area contributed by atoms with Crippen LogP contribution in [0.25, 0.3) is 10.4 Å². The number of nitrogens with zero attached hydrogens (tertiary/aromatic N) is 1. The van der Waals surface area contributed by atoms with Gasteiger partial charge in [-0.3, -0.25) is 4.79 Å². The molecule has 25 heavy (non-hydrogen) atoms. The molecule has 0 aliphatic carbocycles. The van der Waals surface area contributed by atoms with Gasteiger partial charge in [0.1, 0.15) is 0 Å². The lowest BCUT2D eigenvalue weighted by Crippen LogP contribution is -2.60. The molecule has 1 saturated heterocycles. The Kier molecular flexibility index (Phi) is 5.66. The molecule has 1 aliphatic rings. The quantitative estimate of drug-likeness (QED) is 0.584. The fourth-order valence-electron chi connectivity index (χ4n) is 3.30. The molecule has 1 aliphatic heterocycles. The summed E-state index contributed by atoms with van der Waals surface area (Å²) in [7, 11) is 3.02. The molecule has 0 radical (unpaired) electrons. The zero-order valence-corrected chi connectivity index (χ0v) is 15.6. The summed E-state index contributed by atoms with van der Waals surface area (Å²) in [6, 6.07) is 9.77. The second-order valence-electron chi connectivity index (χ2n) is 5.89. The number of ketones is 1. The van der Waals surface area contributed by atoms with E-state index in [2.05, 4.69) is 0 Å². The zero-order valence-electron chi connectivity index (χ0n) is 14.8. The van der Waals surface area contributed by atoms with E-state index in [1.165, 1.54) is 14.2 Å². The number of aryl methyl sites for hydroxylation is 1. The fraction of sp³-hybridized carbons (Fsp3) is 0.421. The first-order valence-corrected chi connectivity index (χ1v) is 9.13. The molecule has 1 aromatic carbocycles. The predicted octanol–water partition coefficient (Wildman–Crippen LogP) is 3.19. The van der Waals surface area contributed by atoms with Crippen molar-refractivity contribution in [3.63, 3.8) is 0 Å². The van der Waals surface area contributed by atoms with E-state index in [0.717, 1.165) is 16.0 Å². The highest BCUT2D eigenvalue weighted by Crippen LogP contribution is 2.35. The van der Waals surface area contributed by atoms with Crippen molar-refractivity contribution >= 4 is 17.1 Å². The van der Waals surface area contributed by atoms with Crippen LogP contribution in [0.15, 0.2) is 35.7 Å². The van der Waals surface area contributed by atoms with Crippen molar-refractivity contribution in [3.05, 3.63) is 46.8 Å². The summed E-state index contributed by atoms with van der Waals surface area (Å²) >= 11 is 1.62. The van der Waals surface area contributed by atoms with Crippen molar-refractivity contribution in [2.75, 3.05) is 40.5 Å². The van der Waals surface area contributed by atoms with E-state index in [0.29, 0.717) is 31.9 Å². The molecule has 0 saturated carbocycles. The molecule has 0 atom stereocenters. The van der Waals surface area contributed by atoms with Crippen molar-refractivity contribution < 1.29 is 19.0 Å². The van der Waals surface area contributed by atoms with E-state index in [1.54, 1.807) is 11.3 Å². The maximum absolute atomic E-state index is 13.6. The largest absolute Gasteiger partial charge is 0.379 e. The minimum Gasteiger partial charge on any atom is -0.379 e. The molecule has 0 amide bonds. The molecule has 6 heteroatoms. The van der Waals surface area contributed by atoms with Crippen LogP contribution in [0, 0.1) is 6.92 Å². The maximum Gasteiger partial charge on any atom is 0.297 e. The number of ether oxygens (including phenoxy) is 3. The molecule has 3 rings (SSSR count). The van der Waals surface area contributed by atoms with Crippen molar-refractivity contribution in [2.45, 2.75) is 12.8 Å². The lowest BCUT2D eigenvalue weighted by Gasteiger charge is -2.41. The normalized spacial score (nSPS) is 16.1. The minimum atomic E-state index is -1.44. The Morgan fingerprint density at radius 2 is 1.88 bits per heavy atom. The first-order valence-electron chi connectivity index (χ1n) is 8.25. The Balaban J connectivity index is 2.08. The summed E-state index contributed by atoms with van der Waals surface area (Å²) in [6.07, 6.45) is 0. The number of methoxy groups -OCH3 is 2. The topological polar surface area (TPSA) is 48.0 Å². The Labute approximate surface area is 152 Å². The highest BCUT2D eigenvalue weighted by atomic mass is 32.1. The van der Waals surface area contributed by atoms with Gasteiger partial charge in [-0.25, -0.2) is 4.90 Å². The van der Waals surface area contributed by atoms with Gasteiger partial charge in [-0.15, -0.1) is 11.3 Å². The van der Waals surface area contributed by atoms with Crippen LogP contribution in [0.3, 0.4) is 0 Å². The number of hydrogen-bond acceptors (Lipinski definition) is 6. The van der Waals surface area contributed by atoms with Gasteiger partial charge < -0.3 is 14.2 Å². The molecule has 0 spiro atoms.